The zero-order valence-corrected chi connectivity index (χ0v) is 14.3. The summed E-state index contributed by atoms with van der Waals surface area (Å²) in [6.07, 6.45) is 2.26. The van der Waals surface area contributed by atoms with Gasteiger partial charge in [-0.3, -0.25) is 0 Å². The van der Waals surface area contributed by atoms with E-state index >= 15 is 0 Å². The van der Waals surface area contributed by atoms with Gasteiger partial charge in [0, 0.05) is 10.0 Å². The Kier molecular flexibility index (Phi) is 6.25. The first-order valence-electron chi connectivity index (χ1n) is 7.47. The molecule has 0 heterocycles. The summed E-state index contributed by atoms with van der Waals surface area (Å²) in [5.74, 6) is 0. The molecule has 2 rings (SSSR count). The van der Waals surface area contributed by atoms with Gasteiger partial charge in [0.15, 0.2) is 0 Å². The second kappa shape index (κ2) is 7.98. The minimum atomic E-state index is -1.07. The third-order valence-corrected chi connectivity index (χ3v) is 4.45. The van der Waals surface area contributed by atoms with Crippen molar-refractivity contribution >= 4 is 23.2 Å². The third kappa shape index (κ3) is 4.82. The summed E-state index contributed by atoms with van der Waals surface area (Å²) in [4.78, 5) is 0. The molecule has 0 saturated heterocycles. The van der Waals surface area contributed by atoms with Crippen LogP contribution in [0.4, 0.5) is 0 Å². The average molecular weight is 351 g/mol. The van der Waals surface area contributed by atoms with Crippen molar-refractivity contribution in [1.82, 2.24) is 0 Å². The Labute approximate surface area is 147 Å². The van der Waals surface area contributed by atoms with Gasteiger partial charge < -0.3 is 10.2 Å². The highest BCUT2D eigenvalue weighted by molar-refractivity contribution is 6.30. The summed E-state index contributed by atoms with van der Waals surface area (Å²) in [5.41, 5.74) is 0.483. The highest BCUT2D eigenvalue weighted by Crippen LogP contribution is 2.34. The zero-order valence-electron chi connectivity index (χ0n) is 12.8. The highest BCUT2D eigenvalue weighted by atomic mass is 35.5. The lowest BCUT2D eigenvalue weighted by molar-refractivity contribution is 0.0137. The summed E-state index contributed by atoms with van der Waals surface area (Å²) >= 11 is 11.8. The summed E-state index contributed by atoms with van der Waals surface area (Å²) in [5, 5.41) is 22.6. The van der Waals surface area contributed by atoms with E-state index in [-0.39, 0.29) is 0 Å². The Morgan fingerprint density at radius 1 is 1.00 bits per heavy atom. The first kappa shape index (κ1) is 18.0. The fraction of sp³-hybridized carbons (Fsp3) is 0.263. The molecule has 0 aliphatic rings. The van der Waals surface area contributed by atoms with Gasteiger partial charge in [-0.15, -0.1) is 6.58 Å². The Morgan fingerprint density at radius 2 is 1.52 bits per heavy atom. The third-order valence-electron chi connectivity index (χ3n) is 3.95. The van der Waals surface area contributed by atoms with Crippen molar-refractivity contribution in [3.63, 3.8) is 0 Å². The summed E-state index contributed by atoms with van der Waals surface area (Å²) in [6.45, 7) is 3.72. The van der Waals surface area contributed by atoms with Crippen LogP contribution in [0.3, 0.4) is 0 Å². The van der Waals surface area contributed by atoms with Crippen LogP contribution < -0.4 is 0 Å². The van der Waals surface area contributed by atoms with E-state index in [0.717, 1.165) is 11.1 Å². The van der Waals surface area contributed by atoms with Crippen molar-refractivity contribution in [3.05, 3.63) is 82.4 Å². The summed E-state index contributed by atoms with van der Waals surface area (Å²) < 4.78 is 0. The minimum absolute atomic E-state index is 0.405. The second-order valence-corrected chi connectivity index (χ2v) is 6.51. The number of hydrogen-bond donors (Lipinski definition) is 2. The zero-order chi connectivity index (χ0) is 16.9. The fourth-order valence-electron chi connectivity index (χ4n) is 2.59. The molecular formula is C19H20Cl2O2. The molecule has 0 unspecified atom stereocenters. The van der Waals surface area contributed by atoms with Gasteiger partial charge in [-0.05, 0) is 54.7 Å². The molecule has 0 saturated carbocycles. The first-order chi connectivity index (χ1) is 10.9. The van der Waals surface area contributed by atoms with Gasteiger partial charge in [0.1, 0.15) is 0 Å². The molecule has 0 aliphatic carbocycles. The van der Waals surface area contributed by atoms with Gasteiger partial charge in [-0.1, -0.05) is 53.5 Å². The van der Waals surface area contributed by atoms with Crippen molar-refractivity contribution in [3.8, 4) is 0 Å². The van der Waals surface area contributed by atoms with Crippen LogP contribution in [0.15, 0.2) is 61.2 Å². The SMILES string of the molecule is C=CC[C@@](O)(CC[C@@H](O)c1ccc(Cl)cc1)c1ccc(Cl)cc1. The molecule has 2 aromatic carbocycles. The van der Waals surface area contributed by atoms with Gasteiger partial charge in [0.25, 0.3) is 0 Å². The smallest absolute Gasteiger partial charge is 0.0931 e. The minimum Gasteiger partial charge on any atom is -0.388 e. The van der Waals surface area contributed by atoms with Crippen LogP contribution in [0.2, 0.25) is 10.0 Å². The van der Waals surface area contributed by atoms with Gasteiger partial charge in [0.2, 0.25) is 0 Å². The number of aliphatic hydroxyl groups is 2. The predicted octanol–water partition coefficient (Wildman–Crippen LogP) is 5.27. The molecule has 0 radical (unpaired) electrons. The Morgan fingerprint density at radius 3 is 2.04 bits per heavy atom. The van der Waals surface area contributed by atoms with Gasteiger partial charge in [0.05, 0.1) is 11.7 Å². The van der Waals surface area contributed by atoms with Gasteiger partial charge >= 0.3 is 0 Å². The maximum Gasteiger partial charge on any atom is 0.0931 e. The molecule has 2 atom stereocenters. The molecule has 0 fully saturated rings. The van der Waals surface area contributed by atoms with E-state index in [9.17, 15) is 10.2 Å². The lowest BCUT2D eigenvalue weighted by Crippen LogP contribution is -2.25. The van der Waals surface area contributed by atoms with Crippen molar-refractivity contribution in [2.75, 3.05) is 0 Å². The fourth-order valence-corrected chi connectivity index (χ4v) is 2.84. The molecule has 0 aliphatic heterocycles. The average Bonchev–Trinajstić information content (AvgIpc) is 2.54. The Balaban J connectivity index is 2.11. The van der Waals surface area contributed by atoms with E-state index in [2.05, 4.69) is 6.58 Å². The molecule has 0 bridgehead atoms. The Hall–Kier alpha value is -1.32. The van der Waals surface area contributed by atoms with Crippen LogP contribution in [-0.4, -0.2) is 10.2 Å². The maximum atomic E-state index is 11.0. The van der Waals surface area contributed by atoms with Crippen LogP contribution in [-0.2, 0) is 5.60 Å². The molecule has 0 spiro atoms. The number of rotatable bonds is 7. The number of hydrogen-bond acceptors (Lipinski definition) is 2. The standard InChI is InChI=1S/C19H20Cl2O2/c1-2-12-19(23,15-5-9-17(21)10-6-15)13-11-18(22)14-3-7-16(20)8-4-14/h2-10,18,22-23H,1,11-13H2/t18-,19-/m1/s1. The first-order valence-corrected chi connectivity index (χ1v) is 8.23. The predicted molar refractivity (Wildman–Crippen MR) is 95.8 cm³/mol. The lowest BCUT2D eigenvalue weighted by atomic mass is 9.84. The van der Waals surface area contributed by atoms with E-state index in [1.807, 2.05) is 0 Å². The van der Waals surface area contributed by atoms with E-state index in [1.54, 1.807) is 54.6 Å². The largest absolute Gasteiger partial charge is 0.388 e. The number of halogens is 2. The molecule has 23 heavy (non-hydrogen) atoms. The molecular weight excluding hydrogens is 331 g/mol. The molecule has 0 amide bonds. The van der Waals surface area contributed by atoms with Crippen LogP contribution in [0.5, 0.6) is 0 Å². The quantitative estimate of drug-likeness (QED) is 0.667. The van der Waals surface area contributed by atoms with Crippen molar-refractivity contribution in [1.29, 1.82) is 0 Å². The lowest BCUT2D eigenvalue weighted by Gasteiger charge is -2.29. The van der Waals surface area contributed by atoms with E-state index in [1.165, 1.54) is 0 Å². The monoisotopic (exact) mass is 350 g/mol. The van der Waals surface area contributed by atoms with Crippen LogP contribution in [0, 0.1) is 0 Å². The van der Waals surface area contributed by atoms with Gasteiger partial charge in [-0.25, -0.2) is 0 Å². The van der Waals surface area contributed by atoms with Crippen molar-refractivity contribution in [2.45, 2.75) is 31.0 Å². The number of benzene rings is 2. The van der Waals surface area contributed by atoms with Crippen LogP contribution in [0.25, 0.3) is 0 Å². The normalized spacial score (nSPS) is 15.0. The van der Waals surface area contributed by atoms with Crippen LogP contribution in [0.1, 0.15) is 36.5 Å². The topological polar surface area (TPSA) is 40.5 Å². The molecule has 4 heteroatoms. The van der Waals surface area contributed by atoms with Gasteiger partial charge in [-0.2, -0.15) is 0 Å². The molecule has 2 aromatic rings. The number of aliphatic hydroxyl groups excluding tert-OH is 1. The van der Waals surface area contributed by atoms with Crippen molar-refractivity contribution < 1.29 is 10.2 Å². The van der Waals surface area contributed by atoms with E-state index < -0.39 is 11.7 Å². The molecule has 2 nitrogen and oxygen atoms in total. The molecule has 2 N–H and O–H groups in total. The summed E-state index contributed by atoms with van der Waals surface area (Å²) in [6, 6.07) is 14.2. The second-order valence-electron chi connectivity index (χ2n) is 5.64. The maximum absolute atomic E-state index is 11.0. The summed E-state index contributed by atoms with van der Waals surface area (Å²) in [7, 11) is 0. The van der Waals surface area contributed by atoms with E-state index in [4.69, 9.17) is 23.2 Å². The van der Waals surface area contributed by atoms with Crippen LogP contribution >= 0.6 is 23.2 Å². The molecule has 122 valence electrons. The van der Waals surface area contributed by atoms with E-state index in [0.29, 0.717) is 29.3 Å². The molecule has 0 aromatic heterocycles. The van der Waals surface area contributed by atoms with Crippen molar-refractivity contribution in [2.24, 2.45) is 0 Å². The Bertz CT molecular complexity index is 637. The highest BCUT2D eigenvalue weighted by Gasteiger charge is 2.28.